The van der Waals surface area contributed by atoms with Crippen LogP contribution in [0.15, 0.2) is 24.3 Å². The van der Waals surface area contributed by atoms with Gasteiger partial charge in [0.25, 0.3) is 0 Å². The average molecular weight is 205 g/mol. The van der Waals surface area contributed by atoms with Gasteiger partial charge in [0.1, 0.15) is 5.75 Å². The maximum absolute atomic E-state index is 11.8. The number of hydrogen-bond donors (Lipinski definition) is 1. The fourth-order valence-electron chi connectivity index (χ4n) is 0.995. The van der Waals surface area contributed by atoms with Crippen LogP contribution in [-0.2, 0) is 0 Å². The molecule has 0 spiro atoms. The van der Waals surface area contributed by atoms with Crippen molar-refractivity contribution < 1.29 is 17.9 Å². The van der Waals surface area contributed by atoms with Gasteiger partial charge in [-0.2, -0.15) is 0 Å². The summed E-state index contributed by atoms with van der Waals surface area (Å²) in [6.07, 6.45) is -4.66. The molecule has 0 saturated carbocycles. The van der Waals surface area contributed by atoms with Crippen LogP contribution in [0.1, 0.15) is 18.5 Å². The number of nitrogens with two attached hydrogens (primary N) is 1. The minimum absolute atomic E-state index is 0.243. The Kier molecular flexibility index (Phi) is 3.00. The van der Waals surface area contributed by atoms with Crippen LogP contribution in [0.25, 0.3) is 0 Å². The summed E-state index contributed by atoms with van der Waals surface area (Å²) in [4.78, 5) is 0. The maximum atomic E-state index is 11.8. The molecule has 1 aromatic rings. The normalized spacial score (nSPS) is 13.8. The van der Waals surface area contributed by atoms with E-state index in [9.17, 15) is 13.2 Å². The fourth-order valence-corrected chi connectivity index (χ4v) is 0.995. The van der Waals surface area contributed by atoms with Crippen LogP contribution in [0, 0.1) is 0 Å². The molecule has 0 aliphatic heterocycles. The number of alkyl halides is 3. The number of rotatable bonds is 2. The summed E-state index contributed by atoms with van der Waals surface area (Å²) < 4.78 is 39.2. The van der Waals surface area contributed by atoms with Gasteiger partial charge in [0.05, 0.1) is 0 Å². The Hall–Kier alpha value is -1.23. The molecule has 0 aliphatic rings. The summed E-state index contributed by atoms with van der Waals surface area (Å²) in [6.45, 7) is 1.69. The van der Waals surface area contributed by atoms with E-state index in [0.717, 1.165) is 0 Å². The van der Waals surface area contributed by atoms with Gasteiger partial charge in [-0.05, 0) is 24.6 Å². The van der Waals surface area contributed by atoms with Gasteiger partial charge in [-0.1, -0.05) is 12.1 Å². The third-order valence-electron chi connectivity index (χ3n) is 1.62. The molecule has 0 aromatic heterocycles. The van der Waals surface area contributed by atoms with Crippen molar-refractivity contribution in [3.63, 3.8) is 0 Å². The van der Waals surface area contributed by atoms with E-state index in [-0.39, 0.29) is 11.8 Å². The van der Waals surface area contributed by atoms with Gasteiger partial charge in [-0.15, -0.1) is 13.2 Å². The largest absolute Gasteiger partial charge is 0.573 e. The zero-order chi connectivity index (χ0) is 10.8. The van der Waals surface area contributed by atoms with E-state index in [4.69, 9.17) is 5.73 Å². The van der Waals surface area contributed by atoms with Gasteiger partial charge >= 0.3 is 6.36 Å². The molecule has 14 heavy (non-hydrogen) atoms. The average Bonchev–Trinajstić information content (AvgIpc) is 2.01. The predicted molar refractivity (Wildman–Crippen MR) is 45.7 cm³/mol. The quantitative estimate of drug-likeness (QED) is 0.805. The highest BCUT2D eigenvalue weighted by Crippen LogP contribution is 2.24. The molecular weight excluding hydrogens is 195 g/mol. The second kappa shape index (κ2) is 3.88. The molecule has 0 heterocycles. The van der Waals surface area contributed by atoms with Crippen molar-refractivity contribution in [2.45, 2.75) is 19.3 Å². The summed E-state index contributed by atoms with van der Waals surface area (Å²) >= 11 is 0. The summed E-state index contributed by atoms with van der Waals surface area (Å²) in [5, 5.41) is 0. The fraction of sp³-hybridized carbons (Fsp3) is 0.333. The maximum Gasteiger partial charge on any atom is 0.573 e. The SMILES string of the molecule is CC(N)c1cccc(OC(F)(F)F)c1. The smallest absolute Gasteiger partial charge is 0.406 e. The van der Waals surface area contributed by atoms with Crippen molar-refractivity contribution in [1.82, 2.24) is 0 Å². The van der Waals surface area contributed by atoms with Crippen molar-refractivity contribution in [2.24, 2.45) is 5.73 Å². The lowest BCUT2D eigenvalue weighted by Gasteiger charge is -2.11. The lowest BCUT2D eigenvalue weighted by atomic mass is 10.1. The second-order valence-electron chi connectivity index (χ2n) is 2.91. The van der Waals surface area contributed by atoms with E-state index < -0.39 is 6.36 Å². The molecule has 1 unspecified atom stereocenters. The number of benzene rings is 1. The standard InChI is InChI=1S/C9H10F3NO/c1-6(13)7-3-2-4-8(5-7)14-9(10,11)12/h2-6H,13H2,1H3. The highest BCUT2D eigenvalue weighted by atomic mass is 19.4. The van der Waals surface area contributed by atoms with Gasteiger partial charge in [-0.3, -0.25) is 0 Å². The summed E-state index contributed by atoms with van der Waals surface area (Å²) in [5.74, 6) is -0.243. The van der Waals surface area contributed by atoms with E-state index in [1.807, 2.05) is 0 Å². The molecule has 0 saturated heterocycles. The first-order valence-electron chi connectivity index (χ1n) is 4.00. The monoisotopic (exact) mass is 205 g/mol. The van der Waals surface area contributed by atoms with Gasteiger partial charge in [0.2, 0.25) is 0 Å². The Morgan fingerprint density at radius 1 is 1.36 bits per heavy atom. The number of hydrogen-bond acceptors (Lipinski definition) is 2. The zero-order valence-corrected chi connectivity index (χ0v) is 7.51. The molecule has 1 aromatic carbocycles. The molecule has 0 radical (unpaired) electrons. The number of halogens is 3. The third-order valence-corrected chi connectivity index (χ3v) is 1.62. The van der Waals surface area contributed by atoms with Crippen LogP contribution in [-0.4, -0.2) is 6.36 Å². The van der Waals surface area contributed by atoms with Crippen LogP contribution in [0.5, 0.6) is 5.75 Å². The molecular formula is C9H10F3NO. The predicted octanol–water partition coefficient (Wildman–Crippen LogP) is 2.60. The Morgan fingerprint density at radius 3 is 2.50 bits per heavy atom. The van der Waals surface area contributed by atoms with Crippen molar-refractivity contribution in [1.29, 1.82) is 0 Å². The zero-order valence-electron chi connectivity index (χ0n) is 7.51. The molecule has 1 rings (SSSR count). The molecule has 0 amide bonds. The number of ether oxygens (including phenoxy) is 1. The van der Waals surface area contributed by atoms with E-state index >= 15 is 0 Å². The highest BCUT2D eigenvalue weighted by molar-refractivity contribution is 5.30. The van der Waals surface area contributed by atoms with Crippen molar-refractivity contribution >= 4 is 0 Å². The lowest BCUT2D eigenvalue weighted by molar-refractivity contribution is -0.274. The third kappa shape index (κ3) is 3.26. The molecule has 0 fully saturated rings. The summed E-state index contributed by atoms with van der Waals surface area (Å²) in [6, 6.07) is 5.32. The molecule has 78 valence electrons. The Balaban J connectivity index is 2.84. The van der Waals surface area contributed by atoms with Crippen LogP contribution < -0.4 is 10.5 Å². The molecule has 1 atom stereocenters. The van der Waals surface area contributed by atoms with Gasteiger partial charge in [-0.25, -0.2) is 0 Å². The van der Waals surface area contributed by atoms with Crippen LogP contribution >= 0.6 is 0 Å². The molecule has 2 N–H and O–H groups in total. The first-order chi connectivity index (χ1) is 6.38. The van der Waals surface area contributed by atoms with Crippen molar-refractivity contribution in [2.75, 3.05) is 0 Å². The molecule has 5 heteroatoms. The van der Waals surface area contributed by atoms with Crippen molar-refractivity contribution in [3.05, 3.63) is 29.8 Å². The van der Waals surface area contributed by atoms with Gasteiger partial charge in [0.15, 0.2) is 0 Å². The Labute approximate surface area is 79.5 Å². The minimum atomic E-state index is -4.66. The van der Waals surface area contributed by atoms with E-state index in [1.54, 1.807) is 13.0 Å². The highest BCUT2D eigenvalue weighted by Gasteiger charge is 2.31. The van der Waals surface area contributed by atoms with Crippen molar-refractivity contribution in [3.8, 4) is 5.75 Å². The Morgan fingerprint density at radius 2 is 2.00 bits per heavy atom. The van der Waals surface area contributed by atoms with Gasteiger partial charge in [0, 0.05) is 6.04 Å². The Bertz CT molecular complexity index is 309. The van der Waals surface area contributed by atoms with Gasteiger partial charge < -0.3 is 10.5 Å². The topological polar surface area (TPSA) is 35.2 Å². The van der Waals surface area contributed by atoms with E-state index in [0.29, 0.717) is 5.56 Å². The van der Waals surface area contributed by atoms with Crippen LogP contribution in [0.3, 0.4) is 0 Å². The molecule has 0 bridgehead atoms. The van der Waals surface area contributed by atoms with E-state index in [1.165, 1.54) is 18.2 Å². The van der Waals surface area contributed by atoms with Crippen LogP contribution in [0.2, 0.25) is 0 Å². The molecule has 0 aliphatic carbocycles. The lowest BCUT2D eigenvalue weighted by Crippen LogP contribution is -2.17. The minimum Gasteiger partial charge on any atom is -0.406 e. The second-order valence-corrected chi connectivity index (χ2v) is 2.91. The molecule has 2 nitrogen and oxygen atoms in total. The first-order valence-corrected chi connectivity index (χ1v) is 4.00. The summed E-state index contributed by atoms with van der Waals surface area (Å²) in [5.41, 5.74) is 6.11. The van der Waals surface area contributed by atoms with E-state index in [2.05, 4.69) is 4.74 Å². The first kappa shape index (κ1) is 10.8. The van der Waals surface area contributed by atoms with Crippen LogP contribution in [0.4, 0.5) is 13.2 Å². The summed E-state index contributed by atoms with van der Waals surface area (Å²) in [7, 11) is 0.